The summed E-state index contributed by atoms with van der Waals surface area (Å²) in [5, 5.41) is 0. The minimum atomic E-state index is 1.19. The summed E-state index contributed by atoms with van der Waals surface area (Å²) in [6.45, 7) is 2.45. The molecule has 188 valence electrons. The number of pyridine rings is 1. The first kappa shape index (κ1) is 24.2. The molecule has 0 N–H and O–H groups in total. The molecule has 0 atom stereocenters. The van der Waals surface area contributed by atoms with Gasteiger partial charge in [0.25, 0.3) is 0 Å². The molecule has 0 unspecified atom stereocenters. The molecule has 38 heavy (non-hydrogen) atoms. The zero-order valence-electron chi connectivity index (χ0n) is 22.2. The predicted molar refractivity (Wildman–Crippen MR) is 161 cm³/mol. The Bertz CT molecular complexity index is 1420. The van der Waals surface area contributed by atoms with E-state index in [1.165, 1.54) is 83.5 Å². The number of allylic oxidation sites excluding steroid dienone is 4. The smallest absolute Gasteiger partial charge is 0.213 e. The summed E-state index contributed by atoms with van der Waals surface area (Å²) in [5.74, 6) is 0. The van der Waals surface area contributed by atoms with Crippen molar-refractivity contribution in [2.75, 3.05) is 18.0 Å². The molecule has 3 heterocycles. The van der Waals surface area contributed by atoms with E-state index in [-0.39, 0.29) is 0 Å². The fourth-order valence-corrected chi connectivity index (χ4v) is 5.94. The second-order valence-electron chi connectivity index (χ2n) is 10.3. The van der Waals surface area contributed by atoms with Crippen LogP contribution in [0.25, 0.3) is 34.7 Å². The van der Waals surface area contributed by atoms with Crippen molar-refractivity contribution in [2.45, 2.75) is 25.7 Å². The number of benzene rings is 3. The zero-order valence-corrected chi connectivity index (χ0v) is 22.2. The Morgan fingerprint density at radius 3 is 1.58 bits per heavy atom. The molecule has 0 saturated heterocycles. The second-order valence-corrected chi connectivity index (χ2v) is 10.3. The first-order valence-electron chi connectivity index (χ1n) is 13.8. The third-order valence-corrected chi connectivity index (χ3v) is 7.73. The largest absolute Gasteiger partial charge is 0.371 e. The number of aromatic nitrogens is 1. The van der Waals surface area contributed by atoms with E-state index < -0.39 is 0 Å². The molecule has 0 spiro atoms. The molecule has 0 radical (unpaired) electrons. The molecule has 2 aliphatic heterocycles. The van der Waals surface area contributed by atoms with Gasteiger partial charge in [-0.25, -0.2) is 0 Å². The van der Waals surface area contributed by atoms with Gasteiger partial charge < -0.3 is 4.90 Å². The number of hydrogen-bond acceptors (Lipinski definition) is 1. The van der Waals surface area contributed by atoms with E-state index in [0.717, 1.165) is 0 Å². The molecule has 3 aromatic carbocycles. The normalized spacial score (nSPS) is 15.0. The van der Waals surface area contributed by atoms with Gasteiger partial charge in [-0.2, -0.15) is 4.57 Å². The Balaban J connectivity index is 1.23. The Morgan fingerprint density at radius 2 is 1.08 bits per heavy atom. The van der Waals surface area contributed by atoms with Crippen LogP contribution in [-0.4, -0.2) is 13.1 Å². The van der Waals surface area contributed by atoms with E-state index in [9.17, 15) is 0 Å². The summed E-state index contributed by atoms with van der Waals surface area (Å²) in [5.41, 5.74) is 12.0. The van der Waals surface area contributed by atoms with Crippen LogP contribution in [0, 0.1) is 0 Å². The predicted octanol–water partition coefficient (Wildman–Crippen LogP) is 7.83. The highest BCUT2D eigenvalue weighted by Crippen LogP contribution is 2.36. The van der Waals surface area contributed by atoms with Gasteiger partial charge in [-0.05, 0) is 84.3 Å². The van der Waals surface area contributed by atoms with Crippen molar-refractivity contribution in [1.82, 2.24) is 0 Å². The number of hydrogen-bond donors (Lipinski definition) is 0. The molecule has 2 heteroatoms. The quantitative estimate of drug-likeness (QED) is 0.195. The minimum Gasteiger partial charge on any atom is -0.371 e. The van der Waals surface area contributed by atoms with Crippen LogP contribution in [0.2, 0.25) is 0 Å². The van der Waals surface area contributed by atoms with Crippen molar-refractivity contribution in [2.24, 2.45) is 7.05 Å². The molecule has 0 saturated carbocycles. The van der Waals surface area contributed by atoms with Crippen molar-refractivity contribution in [3.8, 4) is 22.5 Å². The summed E-state index contributed by atoms with van der Waals surface area (Å²) in [4.78, 5) is 2.60. The molecule has 0 aliphatic carbocycles. The lowest BCUT2D eigenvalue weighted by molar-refractivity contribution is -0.649. The molecule has 0 amide bonds. The molecule has 6 rings (SSSR count). The van der Waals surface area contributed by atoms with Crippen molar-refractivity contribution in [3.63, 3.8) is 0 Å². The first-order valence-corrected chi connectivity index (χ1v) is 13.8. The maximum absolute atomic E-state index is 2.60. The molecule has 1 aromatic heterocycles. The van der Waals surface area contributed by atoms with Crippen LogP contribution >= 0.6 is 0 Å². The fraction of sp³-hybridized carbons (Fsp3) is 0.194. The Morgan fingerprint density at radius 1 is 0.605 bits per heavy atom. The summed E-state index contributed by atoms with van der Waals surface area (Å²) in [6.07, 6.45) is 18.0. The Kier molecular flexibility index (Phi) is 7.04. The highest BCUT2D eigenvalue weighted by atomic mass is 15.1. The summed E-state index contributed by atoms with van der Waals surface area (Å²) in [7, 11) is 2.15. The van der Waals surface area contributed by atoms with Gasteiger partial charge in [-0.3, -0.25) is 0 Å². The van der Waals surface area contributed by atoms with E-state index in [4.69, 9.17) is 0 Å². The molecule has 2 nitrogen and oxygen atoms in total. The van der Waals surface area contributed by atoms with Gasteiger partial charge in [0.05, 0.1) is 0 Å². The maximum atomic E-state index is 2.60. The van der Waals surface area contributed by atoms with Gasteiger partial charge in [0.2, 0.25) is 11.4 Å². The van der Waals surface area contributed by atoms with E-state index in [0.29, 0.717) is 0 Å². The fourth-order valence-electron chi connectivity index (χ4n) is 5.94. The van der Waals surface area contributed by atoms with Crippen molar-refractivity contribution < 1.29 is 4.57 Å². The Hall–Kier alpha value is -4.17. The molecule has 2 aliphatic rings. The first-order chi connectivity index (χ1) is 18.8. The summed E-state index contributed by atoms with van der Waals surface area (Å²) in [6, 6.07) is 30.6. The lowest BCUT2D eigenvalue weighted by atomic mass is 9.90. The van der Waals surface area contributed by atoms with Gasteiger partial charge in [0, 0.05) is 42.0 Å². The topological polar surface area (TPSA) is 7.12 Å². The summed E-state index contributed by atoms with van der Waals surface area (Å²) >= 11 is 0. The van der Waals surface area contributed by atoms with Crippen LogP contribution in [0.3, 0.4) is 0 Å². The van der Waals surface area contributed by atoms with Crippen LogP contribution < -0.4 is 9.47 Å². The van der Waals surface area contributed by atoms with Crippen LogP contribution in [-0.2, 0) is 19.9 Å². The van der Waals surface area contributed by atoms with Crippen LogP contribution in [0.4, 0.5) is 5.69 Å². The molecular formula is C36H35N2+. The zero-order chi connectivity index (χ0) is 25.7. The van der Waals surface area contributed by atoms with E-state index in [2.05, 4.69) is 138 Å². The van der Waals surface area contributed by atoms with Gasteiger partial charge in [-0.1, -0.05) is 72.9 Å². The lowest BCUT2D eigenvalue weighted by Crippen LogP contribution is -2.34. The average molecular weight is 496 g/mol. The number of aryl methyl sites for hydroxylation is 2. The van der Waals surface area contributed by atoms with Gasteiger partial charge in [-0.15, -0.1) is 0 Å². The van der Waals surface area contributed by atoms with Crippen LogP contribution in [0.15, 0.2) is 109 Å². The highest BCUT2D eigenvalue weighted by Gasteiger charge is 2.23. The number of nitrogens with zero attached hydrogens (tertiary/aromatic N) is 2. The third-order valence-electron chi connectivity index (χ3n) is 7.73. The lowest BCUT2D eigenvalue weighted by Gasteiger charge is -2.37. The minimum absolute atomic E-state index is 1.19. The standard InChI is InChI=1S/C36H35N2/c1-37-34(30-16-8-4-9-17-30)26-29(27-35(37)31-18-10-5-11-19-31)15-7-3-2-6-14-28-24-32-20-12-22-38-23-13-21-33(25-28)36(32)38/h2-11,14-19,24-27H,12-13,20-23H2,1H3/q+1. The van der Waals surface area contributed by atoms with Crippen molar-refractivity contribution in [3.05, 3.63) is 131 Å². The molecule has 4 aromatic rings. The summed E-state index contributed by atoms with van der Waals surface area (Å²) < 4.78 is 2.28. The van der Waals surface area contributed by atoms with E-state index in [1.54, 1.807) is 5.69 Å². The monoisotopic (exact) mass is 495 g/mol. The number of rotatable bonds is 6. The molecular weight excluding hydrogens is 460 g/mol. The average Bonchev–Trinajstić information content (AvgIpc) is 2.97. The van der Waals surface area contributed by atoms with Crippen LogP contribution in [0.5, 0.6) is 0 Å². The van der Waals surface area contributed by atoms with E-state index in [1.807, 2.05) is 0 Å². The van der Waals surface area contributed by atoms with Crippen LogP contribution in [0.1, 0.15) is 35.1 Å². The van der Waals surface area contributed by atoms with Crippen molar-refractivity contribution >= 4 is 17.8 Å². The maximum Gasteiger partial charge on any atom is 0.213 e. The second kappa shape index (κ2) is 11.1. The Labute approximate surface area is 226 Å². The van der Waals surface area contributed by atoms with Gasteiger partial charge >= 0.3 is 0 Å². The van der Waals surface area contributed by atoms with Gasteiger partial charge in [0.1, 0.15) is 7.05 Å². The van der Waals surface area contributed by atoms with Crippen molar-refractivity contribution in [1.29, 1.82) is 0 Å². The molecule has 0 fully saturated rings. The number of anilines is 1. The third kappa shape index (κ3) is 5.13. The SMILES string of the molecule is C[n+]1c(-c2ccccc2)cc(/C=C/C=C/C=C/c2cc3c4c(c2)CCCN4CCC3)cc1-c1ccccc1. The van der Waals surface area contributed by atoms with Gasteiger partial charge in [0.15, 0.2) is 0 Å². The molecule has 0 bridgehead atoms. The highest BCUT2D eigenvalue weighted by molar-refractivity contribution is 5.69. The van der Waals surface area contributed by atoms with E-state index >= 15 is 0 Å².